The molecule has 47 heavy (non-hydrogen) atoms. The molecule has 1 spiro atoms. The van der Waals surface area contributed by atoms with Crippen molar-refractivity contribution >= 4 is 51.8 Å². The SMILES string of the molecule is CN1CCN(c2cc(C(=O)O)nc3ccc(OCC4CC5(CC(C=Cc6c(-c7c(Cl)cncc7Cl)noc6C6CC6)C5)C4)cc23)CC1. The highest BCUT2D eigenvalue weighted by atomic mass is 35.5. The van der Waals surface area contributed by atoms with Crippen LogP contribution in [0.15, 0.2) is 47.3 Å². The molecule has 8 rings (SSSR count). The molecule has 0 amide bonds. The van der Waals surface area contributed by atoms with Crippen LogP contribution in [0.3, 0.4) is 0 Å². The molecule has 4 fully saturated rings. The van der Waals surface area contributed by atoms with Gasteiger partial charge in [-0.05, 0) is 87.1 Å². The minimum Gasteiger partial charge on any atom is -0.493 e. The smallest absolute Gasteiger partial charge is 0.354 e. The van der Waals surface area contributed by atoms with Gasteiger partial charge in [0, 0.05) is 66.7 Å². The molecule has 0 radical (unpaired) electrons. The molecule has 1 aliphatic heterocycles. The fourth-order valence-corrected chi connectivity index (χ4v) is 8.42. The number of allylic oxidation sites excluding steroid dienone is 1. The highest BCUT2D eigenvalue weighted by molar-refractivity contribution is 6.39. The van der Waals surface area contributed by atoms with Crippen LogP contribution in [0.1, 0.15) is 66.3 Å². The summed E-state index contributed by atoms with van der Waals surface area (Å²) in [5.74, 6) is 2.18. The Kier molecular flexibility index (Phi) is 7.89. The van der Waals surface area contributed by atoms with E-state index in [1.165, 1.54) is 25.7 Å². The Balaban J connectivity index is 0.899. The molecule has 0 unspecified atom stereocenters. The highest BCUT2D eigenvalue weighted by Crippen LogP contribution is 2.61. The summed E-state index contributed by atoms with van der Waals surface area (Å²) in [6, 6.07) is 7.53. The first-order chi connectivity index (χ1) is 22.7. The van der Waals surface area contributed by atoms with Crippen LogP contribution in [0.25, 0.3) is 28.2 Å². The lowest BCUT2D eigenvalue weighted by Gasteiger charge is -2.57. The summed E-state index contributed by atoms with van der Waals surface area (Å²) in [7, 11) is 2.11. The van der Waals surface area contributed by atoms with Crippen LogP contribution in [0.2, 0.25) is 10.0 Å². The summed E-state index contributed by atoms with van der Waals surface area (Å²) in [5.41, 5.74) is 4.43. The first-order valence-corrected chi connectivity index (χ1v) is 17.2. The lowest BCUT2D eigenvalue weighted by Crippen LogP contribution is -2.48. The summed E-state index contributed by atoms with van der Waals surface area (Å²) in [6.45, 7) is 4.23. The van der Waals surface area contributed by atoms with E-state index in [2.05, 4.69) is 44.1 Å². The molecule has 4 aliphatic rings. The van der Waals surface area contributed by atoms with E-state index in [9.17, 15) is 9.90 Å². The molecule has 11 heteroatoms. The second kappa shape index (κ2) is 12.1. The van der Waals surface area contributed by atoms with E-state index >= 15 is 0 Å². The first-order valence-electron chi connectivity index (χ1n) is 16.5. The van der Waals surface area contributed by atoms with E-state index < -0.39 is 5.97 Å². The topological polar surface area (TPSA) is 105 Å². The number of carbonyl (C=O) groups is 1. The number of ether oxygens (including phenoxy) is 1. The minimum absolute atomic E-state index is 0.0706. The van der Waals surface area contributed by atoms with Crippen molar-refractivity contribution in [2.45, 2.75) is 44.4 Å². The molecular weight excluding hydrogens is 637 g/mol. The Hall–Kier alpha value is -3.66. The molecule has 4 heterocycles. The van der Waals surface area contributed by atoms with Crippen molar-refractivity contribution in [2.24, 2.45) is 17.3 Å². The number of hydrogen-bond acceptors (Lipinski definition) is 8. The Morgan fingerprint density at radius 1 is 1.09 bits per heavy atom. The predicted octanol–water partition coefficient (Wildman–Crippen LogP) is 7.82. The number of pyridine rings is 2. The number of fused-ring (bicyclic) bond motifs is 1. The zero-order valence-corrected chi connectivity index (χ0v) is 27.8. The molecule has 3 saturated carbocycles. The number of nitrogens with zero attached hydrogens (tertiary/aromatic N) is 5. The molecule has 3 aliphatic carbocycles. The van der Waals surface area contributed by atoms with E-state index in [1.807, 2.05) is 18.2 Å². The average molecular weight is 675 g/mol. The van der Waals surface area contributed by atoms with E-state index in [0.29, 0.717) is 56.6 Å². The fourth-order valence-electron chi connectivity index (χ4n) is 7.88. The third-order valence-corrected chi connectivity index (χ3v) is 11.0. The Morgan fingerprint density at radius 2 is 1.83 bits per heavy atom. The third kappa shape index (κ3) is 5.98. The van der Waals surface area contributed by atoms with E-state index in [1.54, 1.807) is 18.5 Å². The van der Waals surface area contributed by atoms with Crippen molar-refractivity contribution in [3.05, 3.63) is 69.8 Å². The summed E-state index contributed by atoms with van der Waals surface area (Å²) in [5, 5.41) is 15.9. The van der Waals surface area contributed by atoms with Gasteiger partial charge >= 0.3 is 5.97 Å². The third-order valence-electron chi connectivity index (χ3n) is 10.5. The molecule has 9 nitrogen and oxygen atoms in total. The number of carboxylic acids is 1. The maximum absolute atomic E-state index is 11.8. The maximum Gasteiger partial charge on any atom is 0.354 e. The number of aromatic carboxylic acids is 1. The summed E-state index contributed by atoms with van der Waals surface area (Å²) in [4.78, 5) is 24.8. The molecule has 0 bridgehead atoms. The molecule has 4 aromatic rings. The molecule has 0 atom stereocenters. The van der Waals surface area contributed by atoms with Gasteiger partial charge in [0.15, 0.2) is 5.69 Å². The quantitative estimate of drug-likeness (QED) is 0.190. The van der Waals surface area contributed by atoms with Gasteiger partial charge < -0.3 is 24.2 Å². The van der Waals surface area contributed by atoms with Crippen LogP contribution >= 0.6 is 23.2 Å². The molecule has 1 N–H and O–H groups in total. The van der Waals surface area contributed by atoms with Crippen LogP contribution in [0.4, 0.5) is 5.69 Å². The van der Waals surface area contributed by atoms with Gasteiger partial charge in [0.05, 0.1) is 22.2 Å². The molecule has 1 saturated heterocycles. The van der Waals surface area contributed by atoms with Crippen molar-refractivity contribution in [3.63, 3.8) is 0 Å². The summed E-state index contributed by atoms with van der Waals surface area (Å²) >= 11 is 13.0. The van der Waals surface area contributed by atoms with Crippen LogP contribution in [0.5, 0.6) is 5.75 Å². The number of carboxylic acid groups (broad SMARTS) is 1. The van der Waals surface area contributed by atoms with Crippen molar-refractivity contribution in [2.75, 3.05) is 44.7 Å². The molecule has 1 aromatic carbocycles. The van der Waals surface area contributed by atoms with Gasteiger partial charge in [-0.1, -0.05) is 40.5 Å². The molecular formula is C36H37Cl2N5O4. The maximum atomic E-state index is 11.8. The van der Waals surface area contributed by atoms with Gasteiger partial charge in [-0.25, -0.2) is 9.78 Å². The van der Waals surface area contributed by atoms with Crippen LogP contribution in [0, 0.1) is 17.3 Å². The van der Waals surface area contributed by atoms with E-state index in [-0.39, 0.29) is 5.69 Å². The average Bonchev–Trinajstić information content (AvgIpc) is 3.79. The van der Waals surface area contributed by atoms with Gasteiger partial charge in [0.1, 0.15) is 17.2 Å². The lowest BCUT2D eigenvalue weighted by molar-refractivity contribution is -0.0657. The second-order valence-electron chi connectivity index (χ2n) is 14.0. The zero-order valence-electron chi connectivity index (χ0n) is 26.3. The number of aromatic nitrogens is 3. The number of benzene rings is 1. The largest absolute Gasteiger partial charge is 0.493 e. The van der Waals surface area contributed by atoms with Crippen LogP contribution in [-0.4, -0.2) is 70.9 Å². The Labute approximate surface area is 283 Å². The highest BCUT2D eigenvalue weighted by Gasteiger charge is 2.52. The van der Waals surface area contributed by atoms with Gasteiger partial charge in [0.25, 0.3) is 0 Å². The van der Waals surface area contributed by atoms with Crippen LogP contribution < -0.4 is 9.64 Å². The van der Waals surface area contributed by atoms with Gasteiger partial charge in [-0.3, -0.25) is 4.98 Å². The number of likely N-dealkylation sites (N-methyl/N-ethyl adjacent to an activating group) is 1. The number of rotatable bonds is 9. The number of halogens is 2. The van der Waals surface area contributed by atoms with Gasteiger partial charge in [-0.15, -0.1) is 0 Å². The first kappa shape index (κ1) is 30.7. The van der Waals surface area contributed by atoms with Crippen LogP contribution in [-0.2, 0) is 0 Å². The van der Waals surface area contributed by atoms with Crippen molar-refractivity contribution in [1.82, 2.24) is 20.0 Å². The number of anilines is 1. The zero-order chi connectivity index (χ0) is 32.3. The fraction of sp³-hybridized carbons (Fsp3) is 0.444. The summed E-state index contributed by atoms with van der Waals surface area (Å²) < 4.78 is 12.1. The van der Waals surface area contributed by atoms with Gasteiger partial charge in [-0.2, -0.15) is 0 Å². The van der Waals surface area contributed by atoms with E-state index in [0.717, 1.165) is 67.2 Å². The molecule has 3 aromatic heterocycles. The molecule has 244 valence electrons. The Morgan fingerprint density at radius 3 is 2.53 bits per heavy atom. The normalized spacial score (nSPS) is 24.5. The van der Waals surface area contributed by atoms with Gasteiger partial charge in [0.2, 0.25) is 0 Å². The second-order valence-corrected chi connectivity index (χ2v) is 14.8. The monoisotopic (exact) mass is 673 g/mol. The van der Waals surface area contributed by atoms with Crippen molar-refractivity contribution < 1.29 is 19.2 Å². The minimum atomic E-state index is -1.01. The number of hydrogen-bond donors (Lipinski definition) is 1. The standard InChI is InChI=1S/C36H37Cl2N5O4/c1-42-8-10-43(11-9-42)31-13-30(35(44)45)40-29-7-5-24(12-26(29)31)46-20-22-16-36(17-22)14-21(15-36)2-6-25-33(41-47-34(25)23-3-4-23)32-27(37)18-39-19-28(32)38/h2,5-7,12-13,18-19,21-23H,3-4,8-11,14-17,20H2,1H3,(H,44,45). The van der Waals surface area contributed by atoms with Crippen molar-refractivity contribution in [3.8, 4) is 17.0 Å². The van der Waals surface area contributed by atoms with Crippen molar-refractivity contribution in [1.29, 1.82) is 0 Å². The Bertz CT molecular complexity index is 1850. The van der Waals surface area contributed by atoms with E-state index in [4.69, 9.17) is 32.5 Å². The number of piperazine rings is 1. The summed E-state index contributed by atoms with van der Waals surface area (Å²) in [6.07, 6.45) is 14.6. The predicted molar refractivity (Wildman–Crippen MR) is 183 cm³/mol. The lowest BCUT2D eigenvalue weighted by atomic mass is 9.48.